The first-order chi connectivity index (χ1) is 7.19. The molecule has 0 saturated carbocycles. The van der Waals surface area contributed by atoms with Gasteiger partial charge in [-0.05, 0) is 55.8 Å². The maximum atomic E-state index is 5.47. The Morgan fingerprint density at radius 3 is 2.53 bits per heavy atom. The summed E-state index contributed by atoms with van der Waals surface area (Å²) < 4.78 is 5.36. The molecule has 0 radical (unpaired) electrons. The van der Waals surface area contributed by atoms with Crippen LogP contribution < -0.4 is 10.5 Å². The smallest absolute Gasteiger partial charge is 0.132 e. The summed E-state index contributed by atoms with van der Waals surface area (Å²) in [6, 6.07) is 4.29. The summed E-state index contributed by atoms with van der Waals surface area (Å²) in [7, 11) is 1.72. The number of methoxy groups -OCH3 is 1. The number of ether oxygens (including phenoxy) is 1. The fraction of sp³-hybridized carbons (Fsp3) is 0.500. The number of rotatable bonds is 5. The number of thioether (sulfide) groups is 1. The highest BCUT2D eigenvalue weighted by atomic mass is 32.2. The quantitative estimate of drug-likeness (QED) is 0.618. The van der Waals surface area contributed by atoms with Crippen LogP contribution in [0.3, 0.4) is 0 Å². The Labute approximate surface area is 96.2 Å². The van der Waals surface area contributed by atoms with Gasteiger partial charge in [0.15, 0.2) is 0 Å². The Kier molecular flexibility index (Phi) is 4.99. The van der Waals surface area contributed by atoms with Gasteiger partial charge in [0.25, 0.3) is 0 Å². The molecule has 0 fully saturated rings. The van der Waals surface area contributed by atoms with Crippen LogP contribution in [0, 0.1) is 13.8 Å². The van der Waals surface area contributed by atoms with Crippen molar-refractivity contribution in [1.29, 1.82) is 0 Å². The molecule has 0 spiro atoms. The molecule has 0 amide bonds. The standard InChI is InChI=1S/C12H19NOS/c1-9-7-11(14-3)12(8-10(9)2)15-6-4-5-13/h7-8H,4-6,13H2,1-3H3. The van der Waals surface area contributed by atoms with Crippen LogP contribution in [-0.4, -0.2) is 19.4 Å². The van der Waals surface area contributed by atoms with Crippen LogP contribution in [0.1, 0.15) is 17.5 Å². The lowest BCUT2D eigenvalue weighted by Gasteiger charge is -2.11. The number of benzene rings is 1. The summed E-state index contributed by atoms with van der Waals surface area (Å²) in [5, 5.41) is 0. The average Bonchev–Trinajstić information content (AvgIpc) is 2.23. The molecular formula is C12H19NOS. The average molecular weight is 225 g/mol. The molecular weight excluding hydrogens is 206 g/mol. The second-order valence-corrected chi connectivity index (χ2v) is 4.71. The molecule has 1 aromatic carbocycles. The van der Waals surface area contributed by atoms with Crippen molar-refractivity contribution in [2.45, 2.75) is 25.2 Å². The molecule has 0 bridgehead atoms. The molecule has 0 aliphatic heterocycles. The highest BCUT2D eigenvalue weighted by molar-refractivity contribution is 7.99. The Bertz CT molecular complexity index is 326. The van der Waals surface area contributed by atoms with Crippen LogP contribution in [-0.2, 0) is 0 Å². The van der Waals surface area contributed by atoms with E-state index in [2.05, 4.69) is 26.0 Å². The van der Waals surface area contributed by atoms with E-state index in [0.717, 1.165) is 24.5 Å². The summed E-state index contributed by atoms with van der Waals surface area (Å²) in [4.78, 5) is 1.22. The van der Waals surface area contributed by atoms with Crippen LogP contribution in [0.2, 0.25) is 0 Å². The zero-order valence-corrected chi connectivity index (χ0v) is 10.5. The molecule has 0 aliphatic rings. The Morgan fingerprint density at radius 2 is 1.93 bits per heavy atom. The molecule has 0 aliphatic carbocycles. The molecule has 84 valence electrons. The third kappa shape index (κ3) is 3.43. The summed E-state index contributed by atoms with van der Waals surface area (Å²) >= 11 is 1.81. The lowest BCUT2D eigenvalue weighted by molar-refractivity contribution is 0.404. The lowest BCUT2D eigenvalue weighted by Crippen LogP contribution is -1.99. The van der Waals surface area contributed by atoms with Gasteiger partial charge in [0.1, 0.15) is 5.75 Å². The first-order valence-electron chi connectivity index (χ1n) is 5.17. The molecule has 2 nitrogen and oxygen atoms in total. The van der Waals surface area contributed by atoms with Gasteiger partial charge in [0.2, 0.25) is 0 Å². The predicted octanol–water partition coefficient (Wildman–Crippen LogP) is 2.75. The van der Waals surface area contributed by atoms with E-state index in [-0.39, 0.29) is 0 Å². The van der Waals surface area contributed by atoms with Gasteiger partial charge in [-0.15, -0.1) is 11.8 Å². The van der Waals surface area contributed by atoms with E-state index >= 15 is 0 Å². The van der Waals surface area contributed by atoms with E-state index in [4.69, 9.17) is 10.5 Å². The summed E-state index contributed by atoms with van der Waals surface area (Å²) in [5.41, 5.74) is 8.06. The van der Waals surface area contributed by atoms with Crippen LogP contribution in [0.15, 0.2) is 17.0 Å². The minimum absolute atomic E-state index is 0.750. The minimum atomic E-state index is 0.750. The monoisotopic (exact) mass is 225 g/mol. The maximum absolute atomic E-state index is 5.47. The van der Waals surface area contributed by atoms with Crippen LogP contribution in [0.5, 0.6) is 5.75 Å². The van der Waals surface area contributed by atoms with Crippen LogP contribution >= 0.6 is 11.8 Å². The number of hydrogen-bond donors (Lipinski definition) is 1. The normalized spacial score (nSPS) is 10.4. The van der Waals surface area contributed by atoms with Gasteiger partial charge in [-0.1, -0.05) is 0 Å². The zero-order valence-electron chi connectivity index (χ0n) is 9.67. The SMILES string of the molecule is COc1cc(C)c(C)cc1SCCCN. The highest BCUT2D eigenvalue weighted by Gasteiger charge is 2.05. The van der Waals surface area contributed by atoms with Crippen molar-refractivity contribution in [2.24, 2.45) is 5.73 Å². The van der Waals surface area contributed by atoms with Crippen molar-refractivity contribution >= 4 is 11.8 Å². The number of nitrogens with two attached hydrogens (primary N) is 1. The molecule has 1 aromatic rings. The van der Waals surface area contributed by atoms with E-state index < -0.39 is 0 Å². The van der Waals surface area contributed by atoms with Crippen LogP contribution in [0.25, 0.3) is 0 Å². The molecule has 0 heterocycles. The summed E-state index contributed by atoms with van der Waals surface area (Å²) in [6.45, 7) is 4.98. The molecule has 2 N–H and O–H groups in total. The van der Waals surface area contributed by atoms with Gasteiger partial charge >= 0.3 is 0 Å². The van der Waals surface area contributed by atoms with Gasteiger partial charge in [-0.3, -0.25) is 0 Å². The van der Waals surface area contributed by atoms with Gasteiger partial charge in [-0.25, -0.2) is 0 Å². The molecule has 0 unspecified atom stereocenters. The fourth-order valence-corrected chi connectivity index (χ4v) is 2.38. The lowest BCUT2D eigenvalue weighted by atomic mass is 10.1. The molecule has 3 heteroatoms. The third-order valence-electron chi connectivity index (χ3n) is 2.39. The van der Waals surface area contributed by atoms with Crippen molar-refractivity contribution in [3.8, 4) is 5.75 Å². The Hall–Kier alpha value is -0.670. The molecule has 0 saturated heterocycles. The van der Waals surface area contributed by atoms with Crippen molar-refractivity contribution in [3.05, 3.63) is 23.3 Å². The zero-order chi connectivity index (χ0) is 11.3. The van der Waals surface area contributed by atoms with Gasteiger partial charge in [0.05, 0.1) is 7.11 Å². The predicted molar refractivity (Wildman–Crippen MR) is 66.9 cm³/mol. The maximum Gasteiger partial charge on any atom is 0.132 e. The van der Waals surface area contributed by atoms with E-state index in [1.807, 2.05) is 11.8 Å². The van der Waals surface area contributed by atoms with Gasteiger partial charge in [-0.2, -0.15) is 0 Å². The van der Waals surface area contributed by atoms with Crippen LogP contribution in [0.4, 0.5) is 0 Å². The number of hydrogen-bond acceptors (Lipinski definition) is 3. The second kappa shape index (κ2) is 6.03. The second-order valence-electron chi connectivity index (χ2n) is 3.58. The first kappa shape index (κ1) is 12.4. The van der Waals surface area contributed by atoms with Crippen molar-refractivity contribution in [2.75, 3.05) is 19.4 Å². The summed E-state index contributed by atoms with van der Waals surface area (Å²) in [6.07, 6.45) is 1.04. The first-order valence-corrected chi connectivity index (χ1v) is 6.15. The molecule has 1 rings (SSSR count). The highest BCUT2D eigenvalue weighted by Crippen LogP contribution is 2.32. The van der Waals surface area contributed by atoms with E-state index in [0.29, 0.717) is 0 Å². The third-order valence-corrected chi connectivity index (χ3v) is 3.51. The number of aryl methyl sites for hydroxylation is 2. The van der Waals surface area contributed by atoms with Crippen molar-refractivity contribution in [1.82, 2.24) is 0 Å². The van der Waals surface area contributed by atoms with Gasteiger partial charge < -0.3 is 10.5 Å². The molecule has 0 atom stereocenters. The Balaban J connectivity index is 2.80. The molecule has 0 aromatic heterocycles. The van der Waals surface area contributed by atoms with Crippen molar-refractivity contribution < 1.29 is 4.74 Å². The molecule has 15 heavy (non-hydrogen) atoms. The summed E-state index contributed by atoms with van der Waals surface area (Å²) in [5.74, 6) is 2.02. The largest absolute Gasteiger partial charge is 0.496 e. The topological polar surface area (TPSA) is 35.2 Å². The fourth-order valence-electron chi connectivity index (χ4n) is 1.30. The minimum Gasteiger partial charge on any atom is -0.496 e. The van der Waals surface area contributed by atoms with Gasteiger partial charge in [0, 0.05) is 4.90 Å². The van der Waals surface area contributed by atoms with Crippen molar-refractivity contribution in [3.63, 3.8) is 0 Å². The van der Waals surface area contributed by atoms with E-state index in [1.54, 1.807) is 7.11 Å². The van der Waals surface area contributed by atoms with E-state index in [9.17, 15) is 0 Å². The Morgan fingerprint density at radius 1 is 1.27 bits per heavy atom. The van der Waals surface area contributed by atoms with E-state index in [1.165, 1.54) is 16.0 Å².